The van der Waals surface area contributed by atoms with Gasteiger partial charge < -0.3 is 13.9 Å². The maximum atomic E-state index is 12.5. The van der Waals surface area contributed by atoms with Crippen molar-refractivity contribution in [2.24, 2.45) is 11.8 Å². The zero-order chi connectivity index (χ0) is 21.3. The summed E-state index contributed by atoms with van der Waals surface area (Å²) in [5.74, 6) is -2.58. The molecular weight excluding hydrogens is 390 g/mol. The van der Waals surface area contributed by atoms with Gasteiger partial charge in [0, 0.05) is 5.39 Å². The summed E-state index contributed by atoms with van der Waals surface area (Å²) in [4.78, 5) is 50.7. The van der Waals surface area contributed by atoms with Gasteiger partial charge in [0.1, 0.15) is 18.7 Å². The van der Waals surface area contributed by atoms with E-state index in [1.807, 2.05) is 0 Å². The van der Waals surface area contributed by atoms with Crippen LogP contribution in [0.1, 0.15) is 48.7 Å². The number of furan rings is 1. The Kier molecular flexibility index (Phi) is 5.57. The number of carbonyl (C=O) groups excluding carboxylic acids is 4. The molecule has 1 aliphatic carbocycles. The van der Waals surface area contributed by atoms with Crippen molar-refractivity contribution in [1.29, 1.82) is 0 Å². The second kappa shape index (κ2) is 8.30. The molecule has 1 aromatic heterocycles. The number of hydrogen-bond acceptors (Lipinski definition) is 7. The van der Waals surface area contributed by atoms with Crippen LogP contribution in [0.4, 0.5) is 0 Å². The van der Waals surface area contributed by atoms with Gasteiger partial charge in [0.25, 0.3) is 0 Å². The molecule has 1 saturated carbocycles. The van der Waals surface area contributed by atoms with E-state index in [9.17, 15) is 19.2 Å². The summed E-state index contributed by atoms with van der Waals surface area (Å²) in [6.07, 6.45) is 3.21. The van der Waals surface area contributed by atoms with Crippen molar-refractivity contribution in [2.75, 3.05) is 13.2 Å². The van der Waals surface area contributed by atoms with Gasteiger partial charge in [-0.15, -0.1) is 0 Å². The van der Waals surface area contributed by atoms with E-state index in [2.05, 4.69) is 0 Å². The van der Waals surface area contributed by atoms with E-state index in [-0.39, 0.29) is 42.6 Å². The first kappa shape index (κ1) is 20.1. The molecule has 0 bridgehead atoms. The first-order chi connectivity index (χ1) is 14.5. The minimum absolute atomic E-state index is 0.0230. The average Bonchev–Trinajstić information content (AvgIpc) is 3.24. The van der Waals surface area contributed by atoms with Crippen molar-refractivity contribution < 1.29 is 33.1 Å². The maximum absolute atomic E-state index is 12.5. The van der Waals surface area contributed by atoms with Crippen molar-refractivity contribution in [3.05, 3.63) is 35.6 Å². The minimum Gasteiger partial charge on any atom is -0.460 e. The fourth-order valence-corrected chi connectivity index (χ4v) is 4.32. The van der Waals surface area contributed by atoms with Crippen LogP contribution >= 0.6 is 0 Å². The van der Waals surface area contributed by atoms with Crippen LogP contribution in [0.15, 0.2) is 28.7 Å². The first-order valence-corrected chi connectivity index (χ1v) is 10.2. The number of ether oxygens (including phenoxy) is 2. The van der Waals surface area contributed by atoms with E-state index >= 15 is 0 Å². The van der Waals surface area contributed by atoms with Gasteiger partial charge >= 0.3 is 11.9 Å². The van der Waals surface area contributed by atoms with Crippen molar-refractivity contribution in [1.82, 2.24) is 4.90 Å². The molecule has 4 rings (SSSR count). The van der Waals surface area contributed by atoms with Gasteiger partial charge in [-0.25, -0.2) is 4.79 Å². The van der Waals surface area contributed by atoms with Crippen LogP contribution in [0.2, 0.25) is 0 Å². The third kappa shape index (κ3) is 3.58. The van der Waals surface area contributed by atoms with Gasteiger partial charge in [0.2, 0.25) is 17.6 Å². The Morgan fingerprint density at radius 3 is 2.40 bits per heavy atom. The standard InChI is InChI=1S/C22H23NO7/c1-2-28-22(27)19-16(13-7-5-6-10-17(13)30-19)12-29-18(24)11-23-20(25)14-8-3-4-9-15(14)21(23)26/h5-7,10,14-15H,2-4,8-9,11-12H2,1H3. The molecule has 2 unspecified atom stereocenters. The number of rotatable bonds is 6. The molecule has 0 radical (unpaired) electrons. The summed E-state index contributed by atoms with van der Waals surface area (Å²) in [7, 11) is 0. The number of hydrogen-bond donors (Lipinski definition) is 0. The minimum atomic E-state index is -0.713. The third-order valence-electron chi connectivity index (χ3n) is 5.76. The van der Waals surface area contributed by atoms with E-state index in [4.69, 9.17) is 13.9 Å². The van der Waals surface area contributed by atoms with Crippen LogP contribution in [0.25, 0.3) is 11.0 Å². The average molecular weight is 413 g/mol. The largest absolute Gasteiger partial charge is 0.460 e. The monoisotopic (exact) mass is 413 g/mol. The van der Waals surface area contributed by atoms with E-state index in [1.54, 1.807) is 31.2 Å². The van der Waals surface area contributed by atoms with Gasteiger partial charge in [0.05, 0.1) is 24.0 Å². The van der Waals surface area contributed by atoms with Gasteiger partial charge in [-0.1, -0.05) is 31.0 Å². The highest BCUT2D eigenvalue weighted by molar-refractivity contribution is 6.07. The Labute approximate surface area is 173 Å². The molecule has 30 heavy (non-hydrogen) atoms. The van der Waals surface area contributed by atoms with Crippen molar-refractivity contribution in [2.45, 2.75) is 39.2 Å². The van der Waals surface area contributed by atoms with Crippen molar-refractivity contribution in [3.63, 3.8) is 0 Å². The summed E-state index contributed by atoms with van der Waals surface area (Å²) in [5, 5.41) is 0.632. The normalized spacial score (nSPS) is 21.0. The number of nitrogens with zero attached hydrogens (tertiary/aromatic N) is 1. The number of likely N-dealkylation sites (tertiary alicyclic amines) is 1. The highest BCUT2D eigenvalue weighted by Gasteiger charge is 2.48. The Morgan fingerprint density at radius 1 is 1.07 bits per heavy atom. The lowest BCUT2D eigenvalue weighted by atomic mass is 9.81. The van der Waals surface area contributed by atoms with Crippen LogP contribution in [-0.2, 0) is 30.5 Å². The van der Waals surface area contributed by atoms with E-state index < -0.39 is 18.5 Å². The molecule has 8 heteroatoms. The molecule has 1 aromatic carbocycles. The van der Waals surface area contributed by atoms with Gasteiger partial charge in [0.15, 0.2) is 0 Å². The number of imide groups is 1. The van der Waals surface area contributed by atoms with Crippen LogP contribution in [0.5, 0.6) is 0 Å². The van der Waals surface area contributed by atoms with Crippen LogP contribution < -0.4 is 0 Å². The summed E-state index contributed by atoms with van der Waals surface area (Å²) in [6, 6.07) is 7.00. The lowest BCUT2D eigenvalue weighted by Gasteiger charge is -2.19. The fraction of sp³-hybridized carbons (Fsp3) is 0.455. The number of esters is 2. The van der Waals surface area contributed by atoms with E-state index in [1.165, 1.54) is 0 Å². The quantitative estimate of drug-likeness (QED) is 0.530. The van der Waals surface area contributed by atoms with Gasteiger partial charge in [-0.3, -0.25) is 19.3 Å². The van der Waals surface area contributed by atoms with Crippen molar-refractivity contribution >= 4 is 34.7 Å². The number of amides is 2. The van der Waals surface area contributed by atoms with E-state index in [0.29, 0.717) is 29.4 Å². The van der Waals surface area contributed by atoms with Gasteiger partial charge in [-0.2, -0.15) is 0 Å². The smallest absolute Gasteiger partial charge is 0.374 e. The number of carbonyl (C=O) groups is 4. The number of benzene rings is 1. The van der Waals surface area contributed by atoms with Crippen molar-refractivity contribution in [3.8, 4) is 0 Å². The van der Waals surface area contributed by atoms with E-state index in [0.717, 1.165) is 17.7 Å². The molecule has 2 aromatic rings. The lowest BCUT2D eigenvalue weighted by Crippen LogP contribution is -2.36. The molecule has 1 aliphatic heterocycles. The first-order valence-electron chi connectivity index (χ1n) is 10.2. The summed E-state index contributed by atoms with van der Waals surface area (Å²) in [5.41, 5.74) is 0.866. The Bertz CT molecular complexity index is 984. The Morgan fingerprint density at radius 2 is 1.73 bits per heavy atom. The maximum Gasteiger partial charge on any atom is 0.374 e. The molecule has 2 amide bonds. The molecule has 2 atom stereocenters. The molecule has 8 nitrogen and oxygen atoms in total. The molecule has 1 saturated heterocycles. The van der Waals surface area contributed by atoms with Gasteiger partial charge in [-0.05, 0) is 25.8 Å². The Balaban J connectivity index is 1.47. The second-order valence-corrected chi connectivity index (χ2v) is 7.55. The third-order valence-corrected chi connectivity index (χ3v) is 5.76. The summed E-state index contributed by atoms with van der Waals surface area (Å²) < 4.78 is 15.9. The molecule has 2 aliphatic rings. The highest BCUT2D eigenvalue weighted by atomic mass is 16.5. The SMILES string of the molecule is CCOC(=O)c1oc2ccccc2c1COC(=O)CN1C(=O)C2CCCCC2C1=O. The predicted molar refractivity (Wildman–Crippen MR) is 104 cm³/mol. The molecule has 2 heterocycles. The summed E-state index contributed by atoms with van der Waals surface area (Å²) in [6.45, 7) is 1.21. The number of para-hydroxylation sites is 1. The Hall–Kier alpha value is -3.16. The fourth-order valence-electron chi connectivity index (χ4n) is 4.32. The zero-order valence-corrected chi connectivity index (χ0v) is 16.7. The predicted octanol–water partition coefficient (Wildman–Crippen LogP) is 2.83. The molecule has 158 valence electrons. The molecule has 0 spiro atoms. The second-order valence-electron chi connectivity index (χ2n) is 7.55. The molecule has 2 fully saturated rings. The topological polar surface area (TPSA) is 103 Å². The molecule has 0 N–H and O–H groups in total. The lowest BCUT2D eigenvalue weighted by molar-refractivity contribution is -0.153. The van der Waals surface area contributed by atoms with Crippen LogP contribution in [0.3, 0.4) is 0 Å². The highest BCUT2D eigenvalue weighted by Crippen LogP contribution is 2.38. The zero-order valence-electron chi connectivity index (χ0n) is 16.7. The molecular formula is C22H23NO7. The number of fused-ring (bicyclic) bond motifs is 2. The van der Waals surface area contributed by atoms with Crippen LogP contribution in [-0.4, -0.2) is 41.8 Å². The van der Waals surface area contributed by atoms with Crippen LogP contribution in [0, 0.1) is 11.8 Å². The summed E-state index contributed by atoms with van der Waals surface area (Å²) >= 11 is 0.